The van der Waals surface area contributed by atoms with Crippen molar-refractivity contribution in [3.8, 4) is 0 Å². The summed E-state index contributed by atoms with van der Waals surface area (Å²) >= 11 is 1.36. The number of thiophene rings is 1. The molecule has 0 atom stereocenters. The highest BCUT2D eigenvalue weighted by Crippen LogP contribution is 2.22. The fraction of sp³-hybridized carbons (Fsp3) is 0.250. The highest BCUT2D eigenvalue weighted by Gasteiger charge is 2.22. The number of hydrogen-bond acceptors (Lipinski definition) is 5. The fourth-order valence-electron chi connectivity index (χ4n) is 1.61. The molecule has 0 amide bonds. The Balaban J connectivity index is 2.19. The molecule has 7 heteroatoms. The molecule has 19 heavy (non-hydrogen) atoms. The third kappa shape index (κ3) is 3.19. The Labute approximate surface area is 116 Å². The highest BCUT2D eigenvalue weighted by atomic mass is 32.2. The maximum Gasteiger partial charge on any atom is 0.243 e. The lowest BCUT2D eigenvalue weighted by atomic mass is 10.3. The van der Waals surface area contributed by atoms with Crippen molar-refractivity contribution in [2.45, 2.75) is 18.0 Å². The second kappa shape index (κ2) is 5.79. The number of aromatic nitrogens is 1. The third-order valence-electron chi connectivity index (χ3n) is 2.69. The Morgan fingerprint density at radius 1 is 1.37 bits per heavy atom. The summed E-state index contributed by atoms with van der Waals surface area (Å²) in [4.78, 5) is 5.07. The summed E-state index contributed by atoms with van der Waals surface area (Å²) < 4.78 is 26.0. The van der Waals surface area contributed by atoms with Gasteiger partial charge in [0.05, 0.1) is 4.90 Å². The van der Waals surface area contributed by atoms with E-state index in [1.54, 1.807) is 43.0 Å². The van der Waals surface area contributed by atoms with Gasteiger partial charge < -0.3 is 5.73 Å². The molecule has 0 aliphatic heterocycles. The zero-order chi connectivity index (χ0) is 13.9. The zero-order valence-corrected chi connectivity index (χ0v) is 12.1. The number of nitrogens with zero attached hydrogens (tertiary/aromatic N) is 2. The van der Waals surface area contributed by atoms with E-state index >= 15 is 0 Å². The van der Waals surface area contributed by atoms with Crippen molar-refractivity contribution in [1.29, 1.82) is 0 Å². The average molecular weight is 297 g/mol. The van der Waals surface area contributed by atoms with Crippen LogP contribution in [0.5, 0.6) is 0 Å². The largest absolute Gasteiger partial charge is 0.326 e. The van der Waals surface area contributed by atoms with Crippen LogP contribution in [0, 0.1) is 0 Å². The Morgan fingerprint density at radius 3 is 2.63 bits per heavy atom. The van der Waals surface area contributed by atoms with Crippen LogP contribution in [-0.2, 0) is 23.1 Å². The average Bonchev–Trinajstić information content (AvgIpc) is 2.89. The van der Waals surface area contributed by atoms with Gasteiger partial charge in [0.25, 0.3) is 0 Å². The van der Waals surface area contributed by atoms with Crippen LogP contribution < -0.4 is 5.73 Å². The lowest BCUT2D eigenvalue weighted by Crippen LogP contribution is -2.26. The van der Waals surface area contributed by atoms with E-state index in [1.165, 1.54) is 15.6 Å². The van der Waals surface area contributed by atoms with E-state index in [9.17, 15) is 8.42 Å². The first-order valence-corrected chi connectivity index (χ1v) is 7.98. The van der Waals surface area contributed by atoms with Crippen LogP contribution in [-0.4, -0.2) is 24.8 Å². The summed E-state index contributed by atoms with van der Waals surface area (Å²) in [5, 5.41) is 1.63. The molecule has 0 spiro atoms. The van der Waals surface area contributed by atoms with Crippen molar-refractivity contribution in [2.75, 3.05) is 7.05 Å². The van der Waals surface area contributed by atoms with Gasteiger partial charge in [-0.1, -0.05) is 0 Å². The summed E-state index contributed by atoms with van der Waals surface area (Å²) in [5.74, 6) is 0. The van der Waals surface area contributed by atoms with Gasteiger partial charge in [-0.3, -0.25) is 4.98 Å². The van der Waals surface area contributed by atoms with Crippen LogP contribution in [0.25, 0.3) is 0 Å². The van der Waals surface area contributed by atoms with Crippen molar-refractivity contribution >= 4 is 21.4 Å². The molecule has 0 fully saturated rings. The summed E-state index contributed by atoms with van der Waals surface area (Å²) in [5.41, 5.74) is 6.40. The van der Waals surface area contributed by atoms with Gasteiger partial charge in [0, 0.05) is 42.8 Å². The summed E-state index contributed by atoms with van der Waals surface area (Å²) in [7, 11) is -1.89. The first kappa shape index (κ1) is 14.1. The first-order chi connectivity index (χ1) is 9.04. The summed E-state index contributed by atoms with van der Waals surface area (Å²) in [6, 6.07) is 5.22. The third-order valence-corrected chi connectivity index (χ3v) is 5.58. The van der Waals surface area contributed by atoms with Crippen LogP contribution in [0.15, 0.2) is 40.9 Å². The van der Waals surface area contributed by atoms with Gasteiger partial charge >= 0.3 is 0 Å². The molecule has 0 aromatic carbocycles. The van der Waals surface area contributed by atoms with Crippen LogP contribution >= 0.6 is 11.3 Å². The van der Waals surface area contributed by atoms with Crippen LogP contribution in [0.2, 0.25) is 0 Å². The minimum Gasteiger partial charge on any atom is -0.326 e. The van der Waals surface area contributed by atoms with E-state index in [0.29, 0.717) is 18.0 Å². The minimum atomic E-state index is -3.46. The molecule has 102 valence electrons. The first-order valence-electron chi connectivity index (χ1n) is 5.67. The lowest BCUT2D eigenvalue weighted by Gasteiger charge is -2.16. The Kier molecular flexibility index (Phi) is 4.31. The molecular weight excluding hydrogens is 282 g/mol. The van der Waals surface area contributed by atoms with Gasteiger partial charge in [-0.05, 0) is 23.8 Å². The number of nitrogens with two attached hydrogens (primary N) is 1. The standard InChI is InChI=1S/C12H15N3O2S2/c1-15(8-10-2-4-14-5-3-10)19(16,17)12-6-11(7-13)18-9-12/h2-6,9H,7-8,13H2,1H3. The predicted molar refractivity (Wildman–Crippen MR) is 75.1 cm³/mol. The normalized spacial score (nSPS) is 11.9. The molecule has 0 aliphatic rings. The second-order valence-electron chi connectivity index (χ2n) is 4.07. The summed E-state index contributed by atoms with van der Waals surface area (Å²) in [6.45, 7) is 0.674. The highest BCUT2D eigenvalue weighted by molar-refractivity contribution is 7.89. The Hall–Kier alpha value is -1.28. The van der Waals surface area contributed by atoms with Crippen LogP contribution in [0.4, 0.5) is 0 Å². The molecule has 2 aromatic rings. The minimum absolute atomic E-state index is 0.300. The SMILES string of the molecule is CN(Cc1ccncc1)S(=O)(=O)c1csc(CN)c1. The zero-order valence-electron chi connectivity index (χ0n) is 10.5. The van der Waals surface area contributed by atoms with E-state index in [-0.39, 0.29) is 0 Å². The number of rotatable bonds is 5. The Bertz CT molecular complexity index is 638. The molecule has 0 radical (unpaired) electrons. The lowest BCUT2D eigenvalue weighted by molar-refractivity contribution is 0.467. The summed E-state index contributed by atoms with van der Waals surface area (Å²) in [6.07, 6.45) is 3.29. The fourth-order valence-corrected chi connectivity index (χ4v) is 3.92. The molecule has 0 bridgehead atoms. The van der Waals surface area contributed by atoms with Crippen LogP contribution in [0.3, 0.4) is 0 Å². The molecule has 2 rings (SSSR count). The van der Waals surface area contributed by atoms with Crippen LogP contribution in [0.1, 0.15) is 10.4 Å². The van der Waals surface area contributed by atoms with Gasteiger partial charge in [0.2, 0.25) is 10.0 Å². The molecule has 0 saturated heterocycles. The molecule has 0 aliphatic carbocycles. The Morgan fingerprint density at radius 2 is 2.05 bits per heavy atom. The smallest absolute Gasteiger partial charge is 0.243 e. The van der Waals surface area contributed by atoms with Crippen molar-refractivity contribution < 1.29 is 8.42 Å². The van der Waals surface area contributed by atoms with Gasteiger partial charge in [0.1, 0.15) is 0 Å². The molecule has 2 aromatic heterocycles. The maximum atomic E-state index is 12.3. The van der Waals surface area contributed by atoms with E-state index in [4.69, 9.17) is 5.73 Å². The predicted octanol–water partition coefficient (Wildman–Crippen LogP) is 1.42. The number of sulfonamides is 1. The van der Waals surface area contributed by atoms with Gasteiger partial charge in [-0.15, -0.1) is 11.3 Å². The van der Waals surface area contributed by atoms with E-state index < -0.39 is 10.0 Å². The van der Waals surface area contributed by atoms with E-state index in [1.807, 2.05) is 0 Å². The van der Waals surface area contributed by atoms with E-state index in [2.05, 4.69) is 4.98 Å². The topological polar surface area (TPSA) is 76.3 Å². The number of pyridine rings is 1. The second-order valence-corrected chi connectivity index (χ2v) is 7.11. The van der Waals surface area contributed by atoms with Crippen molar-refractivity contribution in [3.63, 3.8) is 0 Å². The van der Waals surface area contributed by atoms with Gasteiger partial charge in [0.15, 0.2) is 0 Å². The van der Waals surface area contributed by atoms with Crippen molar-refractivity contribution in [1.82, 2.24) is 9.29 Å². The van der Waals surface area contributed by atoms with Crippen molar-refractivity contribution in [2.24, 2.45) is 5.73 Å². The van der Waals surface area contributed by atoms with Gasteiger partial charge in [-0.2, -0.15) is 4.31 Å². The van der Waals surface area contributed by atoms with E-state index in [0.717, 1.165) is 10.4 Å². The molecule has 5 nitrogen and oxygen atoms in total. The maximum absolute atomic E-state index is 12.3. The quantitative estimate of drug-likeness (QED) is 0.905. The molecule has 2 N–H and O–H groups in total. The van der Waals surface area contributed by atoms with Gasteiger partial charge in [-0.25, -0.2) is 8.42 Å². The molecule has 0 saturated carbocycles. The monoisotopic (exact) mass is 297 g/mol. The molecular formula is C12H15N3O2S2. The number of hydrogen-bond donors (Lipinski definition) is 1. The molecule has 0 unspecified atom stereocenters. The molecule has 2 heterocycles. The van der Waals surface area contributed by atoms with Crippen molar-refractivity contribution in [3.05, 3.63) is 46.4 Å².